The summed E-state index contributed by atoms with van der Waals surface area (Å²) >= 11 is 0. The summed E-state index contributed by atoms with van der Waals surface area (Å²) in [6.07, 6.45) is 5.16. The molecule has 0 radical (unpaired) electrons. The molecule has 2 aromatic heterocycles. The van der Waals surface area contributed by atoms with Gasteiger partial charge in [-0.05, 0) is 29.2 Å². The van der Waals surface area contributed by atoms with Crippen molar-refractivity contribution in [2.24, 2.45) is 0 Å². The van der Waals surface area contributed by atoms with Gasteiger partial charge in [-0.1, -0.05) is 19.9 Å². The summed E-state index contributed by atoms with van der Waals surface area (Å²) in [6, 6.07) is 6.30. The van der Waals surface area contributed by atoms with E-state index in [1.165, 1.54) is 24.5 Å². The lowest BCUT2D eigenvalue weighted by atomic mass is 9.80. The Morgan fingerprint density at radius 2 is 1.85 bits per heavy atom. The van der Waals surface area contributed by atoms with Gasteiger partial charge in [-0.3, -0.25) is 4.98 Å². The number of anilines is 2. The number of nitrogen functional groups attached to an aromatic ring is 2. The second-order valence-corrected chi connectivity index (χ2v) is 6.50. The van der Waals surface area contributed by atoms with E-state index in [0.717, 1.165) is 11.3 Å². The quantitative estimate of drug-likeness (QED) is 0.724. The van der Waals surface area contributed by atoms with Crippen molar-refractivity contribution >= 4 is 11.6 Å². The van der Waals surface area contributed by atoms with Crippen LogP contribution in [-0.2, 0) is 11.8 Å². The van der Waals surface area contributed by atoms with Crippen molar-refractivity contribution in [2.75, 3.05) is 11.5 Å². The summed E-state index contributed by atoms with van der Waals surface area (Å²) in [5, 5.41) is 0. The normalized spacial score (nSPS) is 11.3. The molecule has 4 N–H and O–H groups in total. The number of nitrogens with zero attached hydrogens (tertiary/aromatic N) is 4. The predicted octanol–water partition coefficient (Wildman–Crippen LogP) is 2.88. The Morgan fingerprint density at radius 1 is 1.04 bits per heavy atom. The maximum absolute atomic E-state index is 14.5. The molecule has 2 heterocycles. The van der Waals surface area contributed by atoms with Gasteiger partial charge in [-0.15, -0.1) is 0 Å². The lowest BCUT2D eigenvalue weighted by Gasteiger charge is -2.25. The van der Waals surface area contributed by atoms with Crippen LogP contribution in [0.4, 0.5) is 16.0 Å². The van der Waals surface area contributed by atoms with Crippen LogP contribution in [0.3, 0.4) is 0 Å². The van der Waals surface area contributed by atoms with Gasteiger partial charge in [0.15, 0.2) is 11.6 Å². The number of benzene rings is 1. The fourth-order valence-electron chi connectivity index (χ4n) is 2.52. The van der Waals surface area contributed by atoms with Crippen LogP contribution in [0, 0.1) is 5.82 Å². The van der Waals surface area contributed by atoms with E-state index < -0.39 is 5.82 Å². The van der Waals surface area contributed by atoms with E-state index in [2.05, 4.69) is 19.9 Å². The topological polar surface area (TPSA) is 113 Å². The number of rotatable bonds is 5. The maximum Gasteiger partial charge on any atom is 0.323 e. The van der Waals surface area contributed by atoms with E-state index in [1.807, 2.05) is 13.8 Å². The van der Waals surface area contributed by atoms with Crippen LogP contribution in [-0.4, -0.2) is 19.9 Å². The third-order valence-corrected chi connectivity index (χ3v) is 3.92. The summed E-state index contributed by atoms with van der Waals surface area (Å²) < 4.78 is 19.9. The molecule has 0 saturated heterocycles. The van der Waals surface area contributed by atoms with Gasteiger partial charge in [0.25, 0.3) is 0 Å². The third kappa shape index (κ3) is 4.02. The zero-order valence-electron chi connectivity index (χ0n) is 14.5. The molecule has 0 unspecified atom stereocenters. The Morgan fingerprint density at radius 3 is 2.50 bits per heavy atom. The molecule has 0 fully saturated rings. The summed E-state index contributed by atoms with van der Waals surface area (Å²) in [6.45, 7) is 4.00. The third-order valence-electron chi connectivity index (χ3n) is 3.92. The van der Waals surface area contributed by atoms with Crippen molar-refractivity contribution < 1.29 is 9.13 Å². The molecule has 0 aliphatic heterocycles. The van der Waals surface area contributed by atoms with Gasteiger partial charge >= 0.3 is 6.01 Å². The fraction of sp³-hybridized carbons (Fsp3) is 0.222. The maximum atomic E-state index is 14.5. The molecule has 0 amide bonds. The van der Waals surface area contributed by atoms with Crippen molar-refractivity contribution in [3.05, 3.63) is 59.9 Å². The van der Waals surface area contributed by atoms with Crippen LogP contribution >= 0.6 is 0 Å². The molecular weight excluding hydrogens is 335 g/mol. The van der Waals surface area contributed by atoms with Gasteiger partial charge in [0, 0.05) is 12.6 Å². The average molecular weight is 354 g/mol. The fourth-order valence-corrected chi connectivity index (χ4v) is 2.52. The highest BCUT2D eigenvalue weighted by Gasteiger charge is 2.24. The van der Waals surface area contributed by atoms with Crippen LogP contribution in [0.25, 0.3) is 0 Å². The number of ether oxygens (including phenoxy) is 1. The minimum atomic E-state index is -0.509. The summed E-state index contributed by atoms with van der Waals surface area (Å²) in [4.78, 5) is 16.1. The molecule has 1 aromatic carbocycles. The van der Waals surface area contributed by atoms with E-state index in [4.69, 9.17) is 16.2 Å². The molecular formula is C18H19FN6O. The zero-order chi connectivity index (χ0) is 18.7. The van der Waals surface area contributed by atoms with Gasteiger partial charge in [-0.2, -0.15) is 4.98 Å². The largest absolute Gasteiger partial charge is 0.421 e. The van der Waals surface area contributed by atoms with Crippen molar-refractivity contribution in [3.63, 3.8) is 0 Å². The first-order valence-corrected chi connectivity index (χ1v) is 7.96. The number of aromatic nitrogens is 4. The summed E-state index contributed by atoms with van der Waals surface area (Å²) in [5.74, 6) is 0.132. The Labute approximate surface area is 150 Å². The lowest BCUT2D eigenvalue weighted by molar-refractivity contribution is 0.409. The number of hydrogen-bond donors (Lipinski definition) is 2. The van der Waals surface area contributed by atoms with Crippen molar-refractivity contribution in [2.45, 2.75) is 25.7 Å². The van der Waals surface area contributed by atoms with Gasteiger partial charge in [0.2, 0.25) is 0 Å². The summed E-state index contributed by atoms with van der Waals surface area (Å²) in [5.41, 5.74) is 12.3. The monoisotopic (exact) mass is 354 g/mol. The molecule has 0 aliphatic rings. The van der Waals surface area contributed by atoms with Crippen LogP contribution < -0.4 is 16.2 Å². The highest BCUT2D eigenvalue weighted by molar-refractivity contribution is 5.36. The zero-order valence-corrected chi connectivity index (χ0v) is 14.5. The molecule has 3 aromatic rings. The minimum absolute atomic E-state index is 0.00643. The first-order chi connectivity index (χ1) is 12.3. The molecule has 0 atom stereocenters. The Kier molecular flexibility index (Phi) is 4.66. The van der Waals surface area contributed by atoms with E-state index in [-0.39, 0.29) is 23.0 Å². The van der Waals surface area contributed by atoms with E-state index >= 15 is 0 Å². The smallest absolute Gasteiger partial charge is 0.323 e. The average Bonchev–Trinajstić information content (AvgIpc) is 2.58. The molecule has 3 rings (SSSR count). The van der Waals surface area contributed by atoms with E-state index in [1.54, 1.807) is 18.3 Å². The molecule has 0 bridgehead atoms. The first-order valence-electron chi connectivity index (χ1n) is 7.96. The molecule has 8 heteroatoms. The molecule has 134 valence electrons. The van der Waals surface area contributed by atoms with E-state index in [9.17, 15) is 4.39 Å². The Balaban J connectivity index is 1.80. The first kappa shape index (κ1) is 17.5. The molecule has 7 nitrogen and oxygen atoms in total. The van der Waals surface area contributed by atoms with Gasteiger partial charge < -0.3 is 16.2 Å². The van der Waals surface area contributed by atoms with Crippen LogP contribution in [0.1, 0.15) is 25.1 Å². The van der Waals surface area contributed by atoms with Crippen molar-refractivity contribution in [1.29, 1.82) is 0 Å². The molecule has 0 saturated carbocycles. The second-order valence-electron chi connectivity index (χ2n) is 6.50. The van der Waals surface area contributed by atoms with Gasteiger partial charge in [-0.25, -0.2) is 14.4 Å². The number of nitrogens with two attached hydrogens (primary N) is 2. The standard InChI is InChI=1S/C18H19FN6O/c1-18(2,8-12-9-24-16(21)10-23-12)11-3-4-14(13(19)7-11)26-17-22-6-5-15(20)25-17/h3-7,9-10H,8H2,1-2H3,(H2,21,24)(H2,20,22,25). The SMILES string of the molecule is CC(C)(Cc1cnc(N)cn1)c1ccc(Oc2nccc(N)n2)c(F)c1. The summed E-state index contributed by atoms with van der Waals surface area (Å²) in [7, 11) is 0. The molecule has 26 heavy (non-hydrogen) atoms. The van der Waals surface area contributed by atoms with Crippen molar-refractivity contribution in [1.82, 2.24) is 19.9 Å². The van der Waals surface area contributed by atoms with Crippen LogP contribution in [0.2, 0.25) is 0 Å². The Bertz CT molecular complexity index is 914. The Hall–Kier alpha value is -3.29. The predicted molar refractivity (Wildman–Crippen MR) is 96.1 cm³/mol. The van der Waals surface area contributed by atoms with Crippen LogP contribution in [0.15, 0.2) is 42.9 Å². The lowest BCUT2D eigenvalue weighted by Crippen LogP contribution is -2.21. The highest BCUT2D eigenvalue weighted by atomic mass is 19.1. The highest BCUT2D eigenvalue weighted by Crippen LogP contribution is 2.31. The van der Waals surface area contributed by atoms with Crippen LogP contribution in [0.5, 0.6) is 11.8 Å². The van der Waals surface area contributed by atoms with E-state index in [0.29, 0.717) is 12.2 Å². The number of hydrogen-bond acceptors (Lipinski definition) is 7. The second kappa shape index (κ2) is 6.91. The van der Waals surface area contributed by atoms with Crippen molar-refractivity contribution in [3.8, 4) is 11.8 Å². The van der Waals surface area contributed by atoms with Gasteiger partial charge in [0.05, 0.1) is 18.1 Å². The van der Waals surface area contributed by atoms with Gasteiger partial charge in [0.1, 0.15) is 11.6 Å². The minimum Gasteiger partial charge on any atom is -0.421 e. The number of halogens is 1. The molecule has 0 aliphatic carbocycles. The molecule has 0 spiro atoms.